The molecule has 0 aliphatic heterocycles. The van der Waals surface area contributed by atoms with Crippen LogP contribution in [0.2, 0.25) is 0 Å². The van der Waals surface area contributed by atoms with Crippen LogP contribution in [0.25, 0.3) is 0 Å². The molecule has 0 fully saturated rings. The molecular weight excluding hydrogens is 240 g/mol. The number of ether oxygens (including phenoxy) is 2. The molecule has 3 nitrogen and oxygen atoms in total. The van der Waals surface area contributed by atoms with Crippen molar-refractivity contribution in [2.24, 2.45) is 0 Å². The van der Waals surface area contributed by atoms with Gasteiger partial charge in [-0.05, 0) is 30.5 Å². The van der Waals surface area contributed by atoms with Gasteiger partial charge in [-0.25, -0.2) is 4.79 Å². The fourth-order valence-electron chi connectivity index (χ4n) is 1.70. The summed E-state index contributed by atoms with van der Waals surface area (Å²) in [5.41, 5.74) is 1.71. The van der Waals surface area contributed by atoms with Gasteiger partial charge in [0.15, 0.2) is 0 Å². The van der Waals surface area contributed by atoms with E-state index in [1.807, 2.05) is 37.3 Å². The van der Waals surface area contributed by atoms with Crippen LogP contribution in [-0.2, 0) is 16.0 Å². The first-order valence-electron chi connectivity index (χ1n) is 6.31. The highest BCUT2D eigenvalue weighted by molar-refractivity contribution is 5.88. The highest BCUT2D eigenvalue weighted by atomic mass is 16.5. The third-order valence-electron chi connectivity index (χ3n) is 2.73. The van der Waals surface area contributed by atoms with E-state index in [9.17, 15) is 4.79 Å². The summed E-state index contributed by atoms with van der Waals surface area (Å²) >= 11 is 0. The lowest BCUT2D eigenvalue weighted by Crippen LogP contribution is -2.06. The van der Waals surface area contributed by atoms with Crippen molar-refractivity contribution in [2.45, 2.75) is 19.8 Å². The summed E-state index contributed by atoms with van der Waals surface area (Å²) in [7, 11) is 1.38. The Balaban J connectivity index is 2.68. The number of benzene rings is 1. The molecule has 1 rings (SSSR count). The minimum atomic E-state index is -0.300. The molecule has 0 aromatic heterocycles. The van der Waals surface area contributed by atoms with Crippen molar-refractivity contribution in [3.63, 3.8) is 0 Å². The van der Waals surface area contributed by atoms with Crippen molar-refractivity contribution in [1.82, 2.24) is 0 Å². The van der Waals surface area contributed by atoms with Crippen LogP contribution >= 0.6 is 0 Å². The number of allylic oxidation sites excluding steroid dienone is 1. The Morgan fingerprint density at radius 2 is 2.11 bits per heavy atom. The Kier molecular flexibility index (Phi) is 6.44. The Labute approximate surface area is 114 Å². The second-order valence-corrected chi connectivity index (χ2v) is 3.99. The van der Waals surface area contributed by atoms with Crippen molar-refractivity contribution in [3.05, 3.63) is 54.1 Å². The van der Waals surface area contributed by atoms with E-state index in [2.05, 4.69) is 6.58 Å². The van der Waals surface area contributed by atoms with Gasteiger partial charge in [0.2, 0.25) is 0 Å². The van der Waals surface area contributed by atoms with Crippen LogP contribution in [0.15, 0.2) is 48.6 Å². The molecule has 0 radical (unpaired) electrons. The van der Waals surface area contributed by atoms with E-state index < -0.39 is 0 Å². The third kappa shape index (κ3) is 4.62. The van der Waals surface area contributed by atoms with Gasteiger partial charge < -0.3 is 9.47 Å². The molecule has 0 heterocycles. The quantitative estimate of drug-likeness (QED) is 0.428. The molecule has 1 aromatic rings. The molecule has 0 saturated carbocycles. The Bertz CT molecular complexity index is 461. The van der Waals surface area contributed by atoms with Gasteiger partial charge in [-0.15, -0.1) is 6.58 Å². The van der Waals surface area contributed by atoms with Crippen molar-refractivity contribution < 1.29 is 14.3 Å². The van der Waals surface area contributed by atoms with Gasteiger partial charge in [0.1, 0.15) is 12.4 Å². The first-order chi connectivity index (χ1) is 9.22. The summed E-state index contributed by atoms with van der Waals surface area (Å²) in [6, 6.07) is 7.80. The van der Waals surface area contributed by atoms with E-state index in [1.54, 1.807) is 6.08 Å². The summed E-state index contributed by atoms with van der Waals surface area (Å²) in [6.07, 6.45) is 4.99. The van der Waals surface area contributed by atoms with E-state index in [0.717, 1.165) is 17.7 Å². The number of carbonyl (C=O) groups is 1. The molecule has 0 saturated heterocycles. The zero-order valence-electron chi connectivity index (χ0n) is 11.5. The lowest BCUT2D eigenvalue weighted by Gasteiger charge is -2.09. The largest absolute Gasteiger partial charge is 0.489 e. The van der Waals surface area contributed by atoms with Crippen molar-refractivity contribution in [3.8, 4) is 5.75 Å². The maximum Gasteiger partial charge on any atom is 0.333 e. The van der Waals surface area contributed by atoms with Gasteiger partial charge in [-0.3, -0.25) is 0 Å². The minimum Gasteiger partial charge on any atom is -0.489 e. The molecule has 0 spiro atoms. The molecule has 0 bridgehead atoms. The predicted molar refractivity (Wildman–Crippen MR) is 76.2 cm³/mol. The number of hydrogen-bond acceptors (Lipinski definition) is 3. The fraction of sp³-hybridized carbons (Fsp3) is 0.312. The summed E-state index contributed by atoms with van der Waals surface area (Å²) in [6.45, 7) is 5.99. The molecule has 102 valence electrons. The maximum atomic E-state index is 11.4. The molecule has 0 unspecified atom stereocenters. The van der Waals surface area contributed by atoms with Crippen LogP contribution in [0.5, 0.6) is 5.75 Å². The lowest BCUT2D eigenvalue weighted by molar-refractivity contribution is -0.136. The molecule has 0 atom stereocenters. The zero-order chi connectivity index (χ0) is 14.1. The second kappa shape index (κ2) is 8.14. The Hall–Kier alpha value is -2.03. The Morgan fingerprint density at radius 3 is 2.74 bits per heavy atom. The fourth-order valence-corrected chi connectivity index (χ4v) is 1.70. The zero-order valence-corrected chi connectivity index (χ0v) is 11.5. The molecule has 0 N–H and O–H groups in total. The van der Waals surface area contributed by atoms with Gasteiger partial charge >= 0.3 is 5.97 Å². The third-order valence-corrected chi connectivity index (χ3v) is 2.73. The SMILES string of the molecule is C=CCc1ccccc1OCC=C(CC)C(=O)OC. The molecular formula is C16H20O3. The van der Waals surface area contributed by atoms with E-state index in [-0.39, 0.29) is 5.97 Å². The van der Waals surface area contributed by atoms with E-state index in [4.69, 9.17) is 9.47 Å². The number of carbonyl (C=O) groups excluding carboxylic acids is 1. The minimum absolute atomic E-state index is 0.300. The van der Waals surface area contributed by atoms with Gasteiger partial charge in [0.05, 0.1) is 7.11 Å². The second-order valence-electron chi connectivity index (χ2n) is 3.99. The number of rotatable bonds is 7. The van der Waals surface area contributed by atoms with Gasteiger partial charge in [-0.2, -0.15) is 0 Å². The summed E-state index contributed by atoms with van der Waals surface area (Å²) in [4.78, 5) is 11.4. The van der Waals surface area contributed by atoms with Crippen molar-refractivity contribution in [2.75, 3.05) is 13.7 Å². The monoisotopic (exact) mass is 260 g/mol. The van der Waals surface area contributed by atoms with Gasteiger partial charge in [0, 0.05) is 5.57 Å². The summed E-state index contributed by atoms with van der Waals surface area (Å²) in [5, 5.41) is 0. The highest BCUT2D eigenvalue weighted by Gasteiger charge is 2.06. The number of para-hydroxylation sites is 1. The van der Waals surface area contributed by atoms with Crippen LogP contribution in [-0.4, -0.2) is 19.7 Å². The average molecular weight is 260 g/mol. The van der Waals surface area contributed by atoms with Crippen LogP contribution in [0, 0.1) is 0 Å². The molecule has 0 aliphatic rings. The van der Waals surface area contributed by atoms with E-state index in [1.165, 1.54) is 7.11 Å². The first-order valence-corrected chi connectivity index (χ1v) is 6.31. The van der Waals surface area contributed by atoms with Crippen molar-refractivity contribution in [1.29, 1.82) is 0 Å². The predicted octanol–water partition coefficient (Wildman–Crippen LogP) is 3.30. The topological polar surface area (TPSA) is 35.5 Å². The number of hydrogen-bond donors (Lipinski definition) is 0. The molecule has 3 heteroatoms. The lowest BCUT2D eigenvalue weighted by atomic mass is 10.1. The van der Waals surface area contributed by atoms with E-state index >= 15 is 0 Å². The van der Waals surface area contributed by atoms with Crippen LogP contribution in [0.3, 0.4) is 0 Å². The highest BCUT2D eigenvalue weighted by Crippen LogP contribution is 2.19. The maximum absolute atomic E-state index is 11.4. The normalized spacial score (nSPS) is 10.9. The molecule has 1 aromatic carbocycles. The molecule has 0 amide bonds. The summed E-state index contributed by atoms with van der Waals surface area (Å²) < 4.78 is 10.4. The summed E-state index contributed by atoms with van der Waals surface area (Å²) in [5.74, 6) is 0.518. The van der Waals surface area contributed by atoms with E-state index in [0.29, 0.717) is 18.6 Å². The van der Waals surface area contributed by atoms with Gasteiger partial charge in [-0.1, -0.05) is 31.2 Å². The van der Waals surface area contributed by atoms with Crippen molar-refractivity contribution >= 4 is 5.97 Å². The molecule has 0 aliphatic carbocycles. The Morgan fingerprint density at radius 1 is 1.37 bits per heavy atom. The van der Waals surface area contributed by atoms with Crippen LogP contribution < -0.4 is 4.74 Å². The number of methoxy groups -OCH3 is 1. The standard InChI is InChI=1S/C16H20O3/c1-4-8-14-9-6-7-10-15(14)19-12-11-13(5-2)16(17)18-3/h4,6-7,9-11H,1,5,8,12H2,2-3H3. The van der Waals surface area contributed by atoms with Gasteiger partial charge in [0.25, 0.3) is 0 Å². The smallest absolute Gasteiger partial charge is 0.333 e. The number of esters is 1. The van der Waals surface area contributed by atoms with Crippen LogP contribution in [0.4, 0.5) is 0 Å². The molecule has 19 heavy (non-hydrogen) atoms. The van der Waals surface area contributed by atoms with Crippen LogP contribution in [0.1, 0.15) is 18.9 Å². The average Bonchev–Trinajstić information content (AvgIpc) is 2.45. The first kappa shape index (κ1) is 15.0.